The fourth-order valence-corrected chi connectivity index (χ4v) is 2.65. The molecule has 0 bridgehead atoms. The predicted octanol–water partition coefficient (Wildman–Crippen LogP) is 1.30. The summed E-state index contributed by atoms with van der Waals surface area (Å²) in [6.45, 7) is 11.4. The summed E-state index contributed by atoms with van der Waals surface area (Å²) >= 11 is 10.4. The summed E-state index contributed by atoms with van der Waals surface area (Å²) in [6.07, 6.45) is 0. The smallest absolute Gasteiger partial charge is 0.180 e. The van der Waals surface area contributed by atoms with E-state index in [9.17, 15) is 0 Å². The summed E-state index contributed by atoms with van der Waals surface area (Å²) in [5.74, 6) is 1.73. The molecule has 1 heterocycles. The maximum absolute atomic E-state index is 5.66. The minimum absolute atomic E-state index is 0.00534. The average molecular weight is 373 g/mol. The van der Waals surface area contributed by atoms with E-state index >= 15 is 0 Å². The van der Waals surface area contributed by atoms with Gasteiger partial charge in [0.05, 0.1) is 6.04 Å². The second-order valence-electron chi connectivity index (χ2n) is 5.39. The number of furan rings is 1. The van der Waals surface area contributed by atoms with Crippen LogP contribution in [-0.2, 0) is 0 Å². The van der Waals surface area contributed by atoms with Crippen LogP contribution in [0.1, 0.15) is 43.9 Å². The Hall–Kier alpha value is -1.42. The number of aryl methyl sites for hydroxylation is 2. The highest BCUT2D eigenvalue weighted by molar-refractivity contribution is 7.80. The van der Waals surface area contributed by atoms with Crippen LogP contribution in [0.2, 0.25) is 0 Å². The molecular formula is C15H28N6OS2. The second-order valence-corrected chi connectivity index (χ2v) is 6.21. The number of nitrogens with one attached hydrogen (secondary N) is 6. The lowest BCUT2D eigenvalue weighted by Gasteiger charge is -2.27. The van der Waals surface area contributed by atoms with Crippen molar-refractivity contribution in [1.82, 2.24) is 32.3 Å². The molecule has 0 aliphatic rings. The molecule has 2 unspecified atom stereocenters. The molecule has 0 radical (unpaired) electrons. The first-order valence-electron chi connectivity index (χ1n) is 8.04. The first kappa shape index (κ1) is 20.6. The highest BCUT2D eigenvalue weighted by Crippen LogP contribution is 2.23. The zero-order chi connectivity index (χ0) is 18.1. The molecule has 6 N–H and O–H groups in total. The normalized spacial score (nSPS) is 13.0. The molecule has 0 saturated carbocycles. The molecule has 1 aromatic rings. The van der Waals surface area contributed by atoms with E-state index < -0.39 is 0 Å². The Kier molecular flexibility index (Phi) is 8.98. The Bertz CT molecular complexity index is 548. The SMILES string of the molecule is CCNC(=S)NNC(C)C(NNC(=S)NCC)c1cc(C)oc1C. The number of hydrazine groups is 2. The summed E-state index contributed by atoms with van der Waals surface area (Å²) in [6, 6.07) is 1.93. The van der Waals surface area contributed by atoms with Crippen LogP contribution in [0.5, 0.6) is 0 Å². The number of hydrogen-bond acceptors (Lipinski definition) is 5. The van der Waals surface area contributed by atoms with Crippen LogP contribution >= 0.6 is 24.4 Å². The molecule has 24 heavy (non-hydrogen) atoms. The van der Waals surface area contributed by atoms with Crippen molar-refractivity contribution in [2.24, 2.45) is 0 Å². The van der Waals surface area contributed by atoms with Crippen LogP contribution < -0.4 is 32.3 Å². The van der Waals surface area contributed by atoms with E-state index in [1.165, 1.54) is 0 Å². The minimum atomic E-state index is -0.0871. The molecular weight excluding hydrogens is 344 g/mol. The van der Waals surface area contributed by atoms with E-state index in [0.29, 0.717) is 10.2 Å². The van der Waals surface area contributed by atoms with Gasteiger partial charge >= 0.3 is 0 Å². The van der Waals surface area contributed by atoms with Crippen LogP contribution in [0, 0.1) is 13.8 Å². The van der Waals surface area contributed by atoms with Gasteiger partial charge in [0.2, 0.25) is 0 Å². The van der Waals surface area contributed by atoms with Crippen LogP contribution in [-0.4, -0.2) is 29.4 Å². The fourth-order valence-electron chi connectivity index (χ4n) is 2.25. The lowest BCUT2D eigenvalue weighted by Crippen LogP contribution is -2.55. The first-order chi connectivity index (χ1) is 11.4. The van der Waals surface area contributed by atoms with Crippen LogP contribution in [0.25, 0.3) is 0 Å². The van der Waals surface area contributed by atoms with Crippen molar-refractivity contribution in [2.45, 2.75) is 46.7 Å². The minimum Gasteiger partial charge on any atom is -0.466 e. The molecule has 136 valence electrons. The van der Waals surface area contributed by atoms with Gasteiger partial charge in [0, 0.05) is 24.7 Å². The van der Waals surface area contributed by atoms with E-state index in [0.717, 1.165) is 30.2 Å². The van der Waals surface area contributed by atoms with Crippen molar-refractivity contribution in [3.63, 3.8) is 0 Å². The third-order valence-electron chi connectivity index (χ3n) is 3.34. The number of rotatable bonds is 8. The third kappa shape index (κ3) is 6.60. The Morgan fingerprint density at radius 3 is 2.04 bits per heavy atom. The summed E-state index contributed by atoms with van der Waals surface area (Å²) in [4.78, 5) is 0. The Balaban J connectivity index is 2.78. The zero-order valence-electron chi connectivity index (χ0n) is 14.9. The van der Waals surface area contributed by atoms with Crippen molar-refractivity contribution in [3.8, 4) is 0 Å². The monoisotopic (exact) mass is 372 g/mol. The molecule has 0 aliphatic carbocycles. The number of hydrogen-bond donors (Lipinski definition) is 6. The summed E-state index contributed by atoms with van der Waals surface area (Å²) < 4.78 is 5.66. The zero-order valence-corrected chi connectivity index (χ0v) is 16.5. The van der Waals surface area contributed by atoms with Crippen LogP contribution in [0.3, 0.4) is 0 Å². The predicted molar refractivity (Wildman–Crippen MR) is 105 cm³/mol. The standard InChI is InChI=1S/C15H28N6OS2/c1-6-16-14(23)20-18-10(4)13(19-21-15(24)17-7-2)12-8-9(3)22-11(12)5/h8,10,13,18-19H,6-7H2,1-5H3,(H2,16,20,23)(H2,17,21,24). The quantitative estimate of drug-likeness (QED) is 0.299. The van der Waals surface area contributed by atoms with Crippen molar-refractivity contribution in [1.29, 1.82) is 0 Å². The second kappa shape index (κ2) is 10.4. The summed E-state index contributed by atoms with van der Waals surface area (Å²) in [5.41, 5.74) is 13.5. The largest absolute Gasteiger partial charge is 0.466 e. The molecule has 9 heteroatoms. The highest BCUT2D eigenvalue weighted by Gasteiger charge is 2.23. The molecule has 0 fully saturated rings. The van der Waals surface area contributed by atoms with Gasteiger partial charge in [-0.15, -0.1) is 0 Å². The van der Waals surface area contributed by atoms with Gasteiger partial charge in [0.1, 0.15) is 11.5 Å². The molecule has 0 aromatic carbocycles. The number of thiocarbonyl (C=S) groups is 2. The molecule has 0 spiro atoms. The fraction of sp³-hybridized carbons (Fsp3) is 0.600. The molecule has 0 saturated heterocycles. The van der Waals surface area contributed by atoms with E-state index in [1.807, 2.05) is 40.7 Å². The average Bonchev–Trinajstić information content (AvgIpc) is 2.84. The first-order valence-corrected chi connectivity index (χ1v) is 8.86. The van der Waals surface area contributed by atoms with E-state index in [1.54, 1.807) is 0 Å². The summed E-state index contributed by atoms with van der Waals surface area (Å²) in [7, 11) is 0. The van der Waals surface area contributed by atoms with Gasteiger partial charge in [0.15, 0.2) is 10.2 Å². The van der Waals surface area contributed by atoms with E-state index in [-0.39, 0.29) is 12.1 Å². The van der Waals surface area contributed by atoms with Gasteiger partial charge in [-0.25, -0.2) is 10.9 Å². The van der Waals surface area contributed by atoms with Crippen molar-refractivity contribution >= 4 is 34.7 Å². The summed E-state index contributed by atoms with van der Waals surface area (Å²) in [5, 5.41) is 7.18. The maximum atomic E-state index is 5.66. The van der Waals surface area contributed by atoms with Gasteiger partial charge in [-0.1, -0.05) is 0 Å². The molecule has 2 atom stereocenters. The van der Waals surface area contributed by atoms with Gasteiger partial charge in [-0.2, -0.15) is 0 Å². The maximum Gasteiger partial charge on any atom is 0.180 e. The molecule has 1 rings (SSSR count). The molecule has 0 aliphatic heterocycles. The van der Waals surface area contributed by atoms with Crippen molar-refractivity contribution in [2.75, 3.05) is 13.1 Å². The topological polar surface area (TPSA) is 85.3 Å². The van der Waals surface area contributed by atoms with Crippen molar-refractivity contribution in [3.05, 3.63) is 23.2 Å². The molecule has 0 amide bonds. The lowest BCUT2D eigenvalue weighted by atomic mass is 10.0. The third-order valence-corrected chi connectivity index (χ3v) is 3.84. The highest BCUT2D eigenvalue weighted by atomic mass is 32.1. The Morgan fingerprint density at radius 1 is 1.04 bits per heavy atom. The van der Waals surface area contributed by atoms with Gasteiger partial charge in [-0.05, 0) is 65.1 Å². The molecule has 7 nitrogen and oxygen atoms in total. The Morgan fingerprint density at radius 2 is 1.58 bits per heavy atom. The van der Waals surface area contributed by atoms with Crippen LogP contribution in [0.4, 0.5) is 0 Å². The molecule has 1 aromatic heterocycles. The van der Waals surface area contributed by atoms with E-state index in [4.69, 9.17) is 28.9 Å². The van der Waals surface area contributed by atoms with Gasteiger partial charge in [-0.3, -0.25) is 10.9 Å². The van der Waals surface area contributed by atoms with Crippen molar-refractivity contribution < 1.29 is 4.42 Å². The van der Waals surface area contributed by atoms with Gasteiger partial charge < -0.3 is 15.1 Å². The van der Waals surface area contributed by atoms with E-state index in [2.05, 4.69) is 32.3 Å². The lowest BCUT2D eigenvalue weighted by molar-refractivity contribution is 0.364. The van der Waals surface area contributed by atoms with Gasteiger partial charge in [0.25, 0.3) is 0 Å². The van der Waals surface area contributed by atoms with Crippen LogP contribution in [0.15, 0.2) is 10.5 Å². The Labute approximate surface area is 154 Å².